The number of hydrogen-bond donors (Lipinski definition) is 2. The van der Waals surface area contributed by atoms with E-state index in [2.05, 4.69) is 5.32 Å². The molecule has 6 nitrogen and oxygen atoms in total. The van der Waals surface area contributed by atoms with Gasteiger partial charge in [0.25, 0.3) is 5.91 Å². The largest absolute Gasteiger partial charge is 0.495 e. The summed E-state index contributed by atoms with van der Waals surface area (Å²) >= 11 is 0. The van der Waals surface area contributed by atoms with Crippen molar-refractivity contribution in [2.45, 2.75) is 38.0 Å². The summed E-state index contributed by atoms with van der Waals surface area (Å²) in [6.45, 7) is 1.49. The van der Waals surface area contributed by atoms with Gasteiger partial charge in [0.05, 0.1) is 18.4 Å². The molecule has 2 amide bonds. The molecule has 0 aromatic heterocycles. The maximum atomic E-state index is 13.4. The zero-order valence-electron chi connectivity index (χ0n) is 17.1. The highest BCUT2D eigenvalue weighted by Crippen LogP contribution is 2.38. The summed E-state index contributed by atoms with van der Waals surface area (Å²) in [6, 6.07) is 8.92. The maximum absolute atomic E-state index is 13.4. The van der Waals surface area contributed by atoms with Crippen molar-refractivity contribution < 1.29 is 32.6 Å². The molecular formula is C22H23F3N2O4. The van der Waals surface area contributed by atoms with Gasteiger partial charge in [0, 0.05) is 24.2 Å². The van der Waals surface area contributed by atoms with E-state index in [9.17, 15) is 27.9 Å². The molecule has 0 bridgehead atoms. The Morgan fingerprint density at radius 2 is 1.81 bits per heavy atom. The van der Waals surface area contributed by atoms with Crippen LogP contribution in [0.1, 0.15) is 37.3 Å². The van der Waals surface area contributed by atoms with Gasteiger partial charge in [-0.25, -0.2) is 0 Å². The second-order valence-electron chi connectivity index (χ2n) is 7.46. The van der Waals surface area contributed by atoms with Crippen molar-refractivity contribution in [1.29, 1.82) is 0 Å². The number of hydrogen-bond acceptors (Lipinski definition) is 4. The number of anilines is 2. The fourth-order valence-corrected chi connectivity index (χ4v) is 3.57. The molecule has 1 atom stereocenters. The van der Waals surface area contributed by atoms with Crippen LogP contribution in [-0.2, 0) is 21.4 Å². The van der Waals surface area contributed by atoms with Gasteiger partial charge in [-0.05, 0) is 44.0 Å². The van der Waals surface area contributed by atoms with E-state index in [1.54, 1.807) is 11.0 Å². The van der Waals surface area contributed by atoms with Gasteiger partial charge >= 0.3 is 6.18 Å². The molecule has 0 aliphatic carbocycles. The Balaban J connectivity index is 1.91. The number of benzene rings is 2. The summed E-state index contributed by atoms with van der Waals surface area (Å²) in [5.41, 5.74) is -3.44. The van der Waals surface area contributed by atoms with Crippen molar-refractivity contribution in [2.24, 2.45) is 0 Å². The van der Waals surface area contributed by atoms with E-state index < -0.39 is 28.8 Å². The highest BCUT2D eigenvalue weighted by atomic mass is 19.4. The van der Waals surface area contributed by atoms with Gasteiger partial charge in [-0.2, -0.15) is 13.2 Å². The lowest BCUT2D eigenvalue weighted by Gasteiger charge is -2.29. The lowest BCUT2D eigenvalue weighted by atomic mass is 9.90. The molecule has 9 heteroatoms. The summed E-state index contributed by atoms with van der Waals surface area (Å²) < 4.78 is 45.4. The molecule has 0 radical (unpaired) electrons. The van der Waals surface area contributed by atoms with E-state index in [0.29, 0.717) is 24.4 Å². The molecule has 2 N–H and O–H groups in total. The smallest absolute Gasteiger partial charge is 0.416 e. The van der Waals surface area contributed by atoms with Gasteiger partial charge < -0.3 is 20.1 Å². The molecule has 0 spiro atoms. The Hall–Kier alpha value is -3.07. The first kappa shape index (κ1) is 22.6. The van der Waals surface area contributed by atoms with Crippen LogP contribution in [0.15, 0.2) is 42.5 Å². The Bertz CT molecular complexity index is 989. The van der Waals surface area contributed by atoms with Crippen LogP contribution in [0.2, 0.25) is 0 Å². The SMILES string of the molecule is COc1ccc(NC(=O)[C@](C)(O)c2ccccc2C(F)(F)F)cc1N1CCCCC1=O. The van der Waals surface area contributed by atoms with Gasteiger partial charge in [-0.15, -0.1) is 0 Å². The van der Waals surface area contributed by atoms with Gasteiger partial charge in [-0.3, -0.25) is 9.59 Å². The number of methoxy groups -OCH3 is 1. The lowest BCUT2D eigenvalue weighted by molar-refractivity contribution is -0.143. The fourth-order valence-electron chi connectivity index (χ4n) is 3.57. The number of carbonyl (C=O) groups excluding carboxylic acids is 2. The zero-order valence-corrected chi connectivity index (χ0v) is 17.1. The van der Waals surface area contributed by atoms with Crippen molar-refractivity contribution in [3.63, 3.8) is 0 Å². The van der Waals surface area contributed by atoms with Crippen LogP contribution in [0.25, 0.3) is 0 Å². The maximum Gasteiger partial charge on any atom is 0.416 e. The van der Waals surface area contributed by atoms with E-state index >= 15 is 0 Å². The van der Waals surface area contributed by atoms with Crippen molar-refractivity contribution in [2.75, 3.05) is 23.9 Å². The number of amides is 2. The summed E-state index contributed by atoms with van der Waals surface area (Å²) in [5.74, 6) is -0.702. The molecular weight excluding hydrogens is 413 g/mol. The number of aliphatic hydroxyl groups is 1. The molecule has 1 aliphatic heterocycles. The fraction of sp³-hybridized carbons (Fsp3) is 0.364. The van der Waals surface area contributed by atoms with Gasteiger partial charge in [-0.1, -0.05) is 18.2 Å². The summed E-state index contributed by atoms with van der Waals surface area (Å²) in [6.07, 6.45) is -2.74. The van der Waals surface area contributed by atoms with Crippen molar-refractivity contribution in [3.05, 3.63) is 53.6 Å². The number of alkyl halides is 3. The predicted molar refractivity (Wildman–Crippen MR) is 109 cm³/mol. The van der Waals surface area contributed by atoms with Crippen LogP contribution >= 0.6 is 0 Å². The van der Waals surface area contributed by atoms with E-state index in [1.807, 2.05) is 0 Å². The Kier molecular flexibility index (Phi) is 6.26. The van der Waals surface area contributed by atoms with Crippen LogP contribution in [0.5, 0.6) is 5.75 Å². The van der Waals surface area contributed by atoms with Crippen LogP contribution in [0.3, 0.4) is 0 Å². The van der Waals surface area contributed by atoms with E-state index in [4.69, 9.17) is 4.74 Å². The normalized spacial score (nSPS) is 16.6. The number of rotatable bonds is 5. The Morgan fingerprint density at radius 3 is 2.42 bits per heavy atom. The van der Waals surface area contributed by atoms with E-state index in [1.165, 1.54) is 31.4 Å². The first-order valence-corrected chi connectivity index (χ1v) is 9.74. The molecule has 2 aromatic carbocycles. The second-order valence-corrected chi connectivity index (χ2v) is 7.46. The molecule has 166 valence electrons. The Labute approximate surface area is 177 Å². The van der Waals surface area contributed by atoms with Gasteiger partial charge in [0.15, 0.2) is 5.60 Å². The van der Waals surface area contributed by atoms with Crippen LogP contribution in [0, 0.1) is 0 Å². The molecule has 2 aromatic rings. The molecule has 31 heavy (non-hydrogen) atoms. The first-order valence-electron chi connectivity index (χ1n) is 9.74. The minimum absolute atomic E-state index is 0.0841. The molecule has 3 rings (SSSR count). The minimum atomic E-state index is -4.73. The van der Waals surface area contributed by atoms with Crippen LogP contribution < -0.4 is 15.0 Å². The molecule has 0 unspecified atom stereocenters. The second kappa shape index (κ2) is 8.58. The van der Waals surface area contributed by atoms with Crippen molar-refractivity contribution >= 4 is 23.2 Å². The number of ether oxygens (including phenoxy) is 1. The highest BCUT2D eigenvalue weighted by molar-refractivity contribution is 6.00. The van der Waals surface area contributed by atoms with E-state index in [0.717, 1.165) is 31.9 Å². The zero-order chi connectivity index (χ0) is 22.8. The van der Waals surface area contributed by atoms with E-state index in [-0.39, 0.29) is 11.6 Å². The molecule has 1 aliphatic rings. The number of piperidine rings is 1. The number of halogens is 3. The van der Waals surface area contributed by atoms with Crippen molar-refractivity contribution in [1.82, 2.24) is 0 Å². The molecule has 1 saturated heterocycles. The molecule has 1 heterocycles. The summed E-state index contributed by atoms with van der Waals surface area (Å²) in [5, 5.41) is 13.2. The van der Waals surface area contributed by atoms with Gasteiger partial charge in [0.1, 0.15) is 5.75 Å². The first-order chi connectivity index (χ1) is 14.6. The third-order valence-corrected chi connectivity index (χ3v) is 5.25. The monoisotopic (exact) mass is 436 g/mol. The standard InChI is InChI=1S/C22H23F3N2O4/c1-21(30,15-7-3-4-8-16(15)22(23,24)25)20(29)26-14-10-11-18(31-2)17(13-14)27-12-6-5-9-19(27)28/h3-4,7-8,10-11,13,30H,5-6,9,12H2,1-2H3,(H,26,29)/t21-/m1/s1. The summed E-state index contributed by atoms with van der Waals surface area (Å²) in [4.78, 5) is 26.6. The minimum Gasteiger partial charge on any atom is -0.495 e. The lowest BCUT2D eigenvalue weighted by Crippen LogP contribution is -2.39. The number of carbonyl (C=O) groups is 2. The van der Waals surface area contributed by atoms with Crippen LogP contribution in [-0.4, -0.2) is 30.6 Å². The highest BCUT2D eigenvalue weighted by Gasteiger charge is 2.42. The van der Waals surface area contributed by atoms with Crippen LogP contribution in [0.4, 0.5) is 24.5 Å². The molecule has 0 saturated carbocycles. The number of nitrogens with one attached hydrogen (secondary N) is 1. The third-order valence-electron chi connectivity index (χ3n) is 5.25. The molecule has 1 fully saturated rings. The summed E-state index contributed by atoms with van der Waals surface area (Å²) in [7, 11) is 1.45. The topological polar surface area (TPSA) is 78.9 Å². The van der Waals surface area contributed by atoms with Crippen molar-refractivity contribution in [3.8, 4) is 5.75 Å². The average Bonchev–Trinajstić information content (AvgIpc) is 2.73. The third kappa shape index (κ3) is 4.66. The number of nitrogens with zero attached hydrogens (tertiary/aromatic N) is 1. The average molecular weight is 436 g/mol. The Morgan fingerprint density at radius 1 is 1.13 bits per heavy atom. The quantitative estimate of drug-likeness (QED) is 0.741. The van der Waals surface area contributed by atoms with Gasteiger partial charge in [0.2, 0.25) is 5.91 Å². The predicted octanol–water partition coefficient (Wildman–Crippen LogP) is 4.08.